The standard InChI is InChI=1S/C20H22F3N3O3S/c1-13-7-17(4-5-18(13)29-2)30(27,28)26-11-14-9-25(10-15(14)12-26)19-6-3-16(8-24-19)20(21,22)23/h3-8,14-15H,9-12H2,1-2H3. The second-order valence-electron chi connectivity index (χ2n) is 7.78. The average Bonchev–Trinajstić information content (AvgIpc) is 3.27. The molecule has 1 aromatic heterocycles. The Hall–Kier alpha value is -2.33. The first kappa shape index (κ1) is 20.9. The van der Waals surface area contributed by atoms with Gasteiger partial charge in [0, 0.05) is 32.4 Å². The minimum atomic E-state index is -4.41. The monoisotopic (exact) mass is 441 g/mol. The Balaban J connectivity index is 1.45. The number of anilines is 1. The highest BCUT2D eigenvalue weighted by molar-refractivity contribution is 7.89. The molecule has 2 unspecified atom stereocenters. The molecule has 162 valence electrons. The zero-order chi connectivity index (χ0) is 21.7. The normalized spacial score (nSPS) is 22.4. The second kappa shape index (κ2) is 7.42. The smallest absolute Gasteiger partial charge is 0.417 e. The van der Waals surface area contributed by atoms with Gasteiger partial charge in [0.25, 0.3) is 0 Å². The van der Waals surface area contributed by atoms with Crippen LogP contribution in [0.3, 0.4) is 0 Å². The number of sulfonamides is 1. The van der Waals surface area contributed by atoms with E-state index in [2.05, 4.69) is 4.98 Å². The highest BCUT2D eigenvalue weighted by atomic mass is 32.2. The van der Waals surface area contributed by atoms with Gasteiger partial charge in [-0.15, -0.1) is 0 Å². The summed E-state index contributed by atoms with van der Waals surface area (Å²) in [6, 6.07) is 7.21. The third-order valence-electron chi connectivity index (χ3n) is 5.86. The van der Waals surface area contributed by atoms with Crippen LogP contribution >= 0.6 is 0 Å². The van der Waals surface area contributed by atoms with Crippen molar-refractivity contribution in [3.8, 4) is 5.75 Å². The van der Waals surface area contributed by atoms with Crippen LogP contribution in [0.5, 0.6) is 5.75 Å². The Morgan fingerprint density at radius 2 is 1.73 bits per heavy atom. The fraction of sp³-hybridized carbons (Fsp3) is 0.450. The van der Waals surface area contributed by atoms with Gasteiger partial charge in [0.15, 0.2) is 0 Å². The number of aromatic nitrogens is 1. The van der Waals surface area contributed by atoms with Crippen molar-refractivity contribution >= 4 is 15.8 Å². The molecule has 10 heteroatoms. The van der Waals surface area contributed by atoms with Crippen molar-refractivity contribution in [1.29, 1.82) is 0 Å². The van der Waals surface area contributed by atoms with Gasteiger partial charge >= 0.3 is 6.18 Å². The van der Waals surface area contributed by atoms with Gasteiger partial charge in [0.1, 0.15) is 11.6 Å². The molecule has 0 saturated carbocycles. The SMILES string of the molecule is COc1ccc(S(=O)(=O)N2CC3CN(c4ccc(C(F)(F)F)cn4)CC3C2)cc1C. The maximum absolute atomic E-state index is 13.1. The van der Waals surface area contributed by atoms with Gasteiger partial charge in [-0.3, -0.25) is 0 Å². The minimum Gasteiger partial charge on any atom is -0.496 e. The molecule has 3 heterocycles. The summed E-state index contributed by atoms with van der Waals surface area (Å²) in [5, 5.41) is 0. The molecule has 0 amide bonds. The van der Waals surface area contributed by atoms with Gasteiger partial charge in [0.05, 0.1) is 17.6 Å². The molecule has 0 spiro atoms. The molecule has 2 aliphatic rings. The van der Waals surface area contributed by atoms with Crippen LogP contribution in [0.2, 0.25) is 0 Å². The average molecular weight is 441 g/mol. The molecular formula is C20H22F3N3O3S. The summed E-state index contributed by atoms with van der Waals surface area (Å²) in [4.78, 5) is 6.12. The maximum atomic E-state index is 13.1. The van der Waals surface area contributed by atoms with Crippen LogP contribution < -0.4 is 9.64 Å². The lowest BCUT2D eigenvalue weighted by atomic mass is 10.0. The molecule has 2 fully saturated rings. The van der Waals surface area contributed by atoms with E-state index in [1.54, 1.807) is 25.1 Å². The van der Waals surface area contributed by atoms with Gasteiger partial charge in [-0.1, -0.05) is 0 Å². The first-order valence-electron chi connectivity index (χ1n) is 9.52. The predicted octanol–water partition coefficient (Wildman–Crippen LogP) is 3.17. The molecule has 4 rings (SSSR count). The van der Waals surface area contributed by atoms with E-state index in [-0.39, 0.29) is 16.7 Å². The second-order valence-corrected chi connectivity index (χ2v) is 9.72. The molecule has 30 heavy (non-hydrogen) atoms. The molecule has 2 atom stereocenters. The van der Waals surface area contributed by atoms with E-state index in [4.69, 9.17) is 4.74 Å². The number of hydrogen-bond acceptors (Lipinski definition) is 5. The summed E-state index contributed by atoms with van der Waals surface area (Å²) in [6.45, 7) is 3.70. The fourth-order valence-corrected chi connectivity index (χ4v) is 5.87. The van der Waals surface area contributed by atoms with Gasteiger partial charge in [-0.05, 0) is 54.7 Å². The van der Waals surface area contributed by atoms with Gasteiger partial charge in [-0.25, -0.2) is 13.4 Å². The molecule has 6 nitrogen and oxygen atoms in total. The number of methoxy groups -OCH3 is 1. The third kappa shape index (κ3) is 3.74. The lowest BCUT2D eigenvalue weighted by Crippen LogP contribution is -2.33. The quantitative estimate of drug-likeness (QED) is 0.730. The minimum absolute atomic E-state index is 0.114. The Morgan fingerprint density at radius 3 is 2.23 bits per heavy atom. The Labute approximate surface area is 173 Å². The van der Waals surface area contributed by atoms with Crippen molar-refractivity contribution < 1.29 is 26.3 Å². The van der Waals surface area contributed by atoms with Crippen LogP contribution in [0.15, 0.2) is 41.4 Å². The number of alkyl halides is 3. The maximum Gasteiger partial charge on any atom is 0.417 e. The van der Waals surface area contributed by atoms with Gasteiger partial charge in [-0.2, -0.15) is 17.5 Å². The Kier molecular flexibility index (Phi) is 5.17. The summed E-state index contributed by atoms with van der Waals surface area (Å²) in [5.74, 6) is 1.34. The summed E-state index contributed by atoms with van der Waals surface area (Å²) < 4.78 is 71.0. The predicted molar refractivity (Wildman–Crippen MR) is 105 cm³/mol. The topological polar surface area (TPSA) is 62.7 Å². The largest absolute Gasteiger partial charge is 0.496 e. The molecular weight excluding hydrogens is 419 g/mol. The molecule has 2 aromatic rings. The summed E-state index contributed by atoms with van der Waals surface area (Å²) in [7, 11) is -2.08. The number of hydrogen-bond donors (Lipinski definition) is 0. The van der Waals surface area contributed by atoms with E-state index >= 15 is 0 Å². The van der Waals surface area contributed by atoms with E-state index in [1.165, 1.54) is 17.5 Å². The van der Waals surface area contributed by atoms with E-state index in [0.717, 1.165) is 17.8 Å². The van der Waals surface area contributed by atoms with Crippen molar-refractivity contribution in [2.45, 2.75) is 18.0 Å². The molecule has 0 N–H and O–H groups in total. The van der Waals surface area contributed by atoms with Crippen LogP contribution in [0.1, 0.15) is 11.1 Å². The van der Waals surface area contributed by atoms with E-state index in [0.29, 0.717) is 37.7 Å². The van der Waals surface area contributed by atoms with Crippen LogP contribution in [0, 0.1) is 18.8 Å². The highest BCUT2D eigenvalue weighted by Gasteiger charge is 2.44. The molecule has 1 aromatic carbocycles. The van der Waals surface area contributed by atoms with Crippen LogP contribution in [0.4, 0.5) is 19.0 Å². The fourth-order valence-electron chi connectivity index (χ4n) is 4.23. The van der Waals surface area contributed by atoms with E-state index in [9.17, 15) is 21.6 Å². The van der Waals surface area contributed by atoms with Crippen molar-refractivity contribution in [2.75, 3.05) is 38.2 Å². The van der Waals surface area contributed by atoms with Crippen LogP contribution in [0.25, 0.3) is 0 Å². The number of benzene rings is 1. The summed E-state index contributed by atoms with van der Waals surface area (Å²) >= 11 is 0. The lowest BCUT2D eigenvalue weighted by Gasteiger charge is -2.22. The number of pyridine rings is 1. The van der Waals surface area contributed by atoms with E-state index < -0.39 is 21.8 Å². The van der Waals surface area contributed by atoms with Gasteiger partial charge < -0.3 is 9.64 Å². The number of ether oxygens (including phenoxy) is 1. The Morgan fingerprint density at radius 1 is 1.07 bits per heavy atom. The Bertz CT molecular complexity index is 1030. The first-order chi connectivity index (χ1) is 14.1. The molecule has 0 radical (unpaired) electrons. The van der Waals surface area contributed by atoms with Gasteiger partial charge in [0.2, 0.25) is 10.0 Å². The zero-order valence-corrected chi connectivity index (χ0v) is 17.4. The summed E-state index contributed by atoms with van der Waals surface area (Å²) in [5.41, 5.74) is -0.0322. The number of rotatable bonds is 4. The number of nitrogens with zero attached hydrogens (tertiary/aromatic N) is 3. The number of halogens is 3. The molecule has 2 saturated heterocycles. The molecule has 0 aliphatic carbocycles. The van der Waals surface area contributed by atoms with Crippen LogP contribution in [-0.4, -0.2) is 51.0 Å². The number of aryl methyl sites for hydroxylation is 1. The lowest BCUT2D eigenvalue weighted by molar-refractivity contribution is -0.137. The molecule has 2 aliphatic heterocycles. The van der Waals surface area contributed by atoms with E-state index in [1.807, 2.05) is 4.90 Å². The zero-order valence-electron chi connectivity index (χ0n) is 16.6. The first-order valence-corrected chi connectivity index (χ1v) is 11.0. The van der Waals surface area contributed by atoms with Crippen molar-refractivity contribution in [3.63, 3.8) is 0 Å². The van der Waals surface area contributed by atoms with Crippen LogP contribution in [-0.2, 0) is 16.2 Å². The van der Waals surface area contributed by atoms with Crippen molar-refractivity contribution in [2.24, 2.45) is 11.8 Å². The number of fused-ring (bicyclic) bond motifs is 1. The highest BCUT2D eigenvalue weighted by Crippen LogP contribution is 2.37. The van der Waals surface area contributed by atoms with Crippen molar-refractivity contribution in [3.05, 3.63) is 47.7 Å². The van der Waals surface area contributed by atoms with Crippen molar-refractivity contribution in [1.82, 2.24) is 9.29 Å². The third-order valence-corrected chi connectivity index (χ3v) is 7.68. The molecule has 0 bridgehead atoms. The summed E-state index contributed by atoms with van der Waals surface area (Å²) in [6.07, 6.45) is -3.58.